The molecular formula is C46H27O3P. The fourth-order valence-electron chi connectivity index (χ4n) is 8.11. The summed E-state index contributed by atoms with van der Waals surface area (Å²) in [7, 11) is -3.38. The first kappa shape index (κ1) is 27.8. The van der Waals surface area contributed by atoms with Crippen LogP contribution in [0.1, 0.15) is 0 Å². The van der Waals surface area contributed by atoms with Crippen molar-refractivity contribution in [3.63, 3.8) is 0 Å². The van der Waals surface area contributed by atoms with E-state index >= 15 is 4.57 Å². The molecule has 3 nitrogen and oxygen atoms in total. The molecule has 0 bridgehead atoms. The topological polar surface area (TPSA) is 43.4 Å². The largest absolute Gasteiger partial charge is 0.456 e. The van der Waals surface area contributed by atoms with Gasteiger partial charge < -0.3 is 13.4 Å². The Morgan fingerprint density at radius 1 is 0.360 bits per heavy atom. The number of benzene rings is 9. The van der Waals surface area contributed by atoms with E-state index in [1.165, 1.54) is 32.3 Å². The molecule has 0 spiro atoms. The predicted molar refractivity (Wildman–Crippen MR) is 210 cm³/mol. The molecule has 11 aromatic rings. The van der Waals surface area contributed by atoms with Gasteiger partial charge in [0, 0.05) is 37.5 Å². The van der Waals surface area contributed by atoms with Gasteiger partial charge in [-0.3, -0.25) is 0 Å². The lowest BCUT2D eigenvalue weighted by molar-refractivity contribution is 0.592. The molecule has 0 aliphatic carbocycles. The fourth-order valence-corrected chi connectivity index (χ4v) is 10.8. The van der Waals surface area contributed by atoms with Gasteiger partial charge in [0.1, 0.15) is 22.3 Å². The monoisotopic (exact) mass is 658 g/mol. The van der Waals surface area contributed by atoms with E-state index in [9.17, 15) is 0 Å². The van der Waals surface area contributed by atoms with E-state index in [2.05, 4.69) is 103 Å². The summed E-state index contributed by atoms with van der Waals surface area (Å²) in [5.74, 6) is 0. The molecule has 0 aliphatic heterocycles. The summed E-state index contributed by atoms with van der Waals surface area (Å²) in [5, 5.41) is 13.8. The average molecular weight is 659 g/mol. The number of fused-ring (bicyclic) bond motifs is 6. The van der Waals surface area contributed by atoms with Gasteiger partial charge in [0.05, 0.1) is 0 Å². The molecule has 2 aromatic heterocycles. The van der Waals surface area contributed by atoms with Crippen LogP contribution in [-0.2, 0) is 4.57 Å². The predicted octanol–water partition coefficient (Wildman–Crippen LogP) is 11.7. The van der Waals surface area contributed by atoms with Crippen LogP contribution in [0, 0.1) is 0 Å². The Kier molecular flexibility index (Phi) is 5.65. The van der Waals surface area contributed by atoms with Gasteiger partial charge in [-0.25, -0.2) is 0 Å². The lowest BCUT2D eigenvalue weighted by Crippen LogP contribution is -2.25. The van der Waals surface area contributed by atoms with E-state index in [0.29, 0.717) is 0 Å². The molecule has 50 heavy (non-hydrogen) atoms. The maximum absolute atomic E-state index is 16.0. The van der Waals surface area contributed by atoms with Crippen LogP contribution in [0.4, 0.5) is 0 Å². The molecule has 11 rings (SSSR count). The van der Waals surface area contributed by atoms with Crippen molar-refractivity contribution in [3.05, 3.63) is 164 Å². The Labute approximate surface area is 286 Å². The van der Waals surface area contributed by atoms with Gasteiger partial charge in [-0.15, -0.1) is 0 Å². The maximum Gasteiger partial charge on any atom is 0.171 e. The third-order valence-corrected chi connectivity index (χ3v) is 13.6. The van der Waals surface area contributed by atoms with Gasteiger partial charge in [-0.2, -0.15) is 0 Å². The molecule has 4 heteroatoms. The van der Waals surface area contributed by atoms with Gasteiger partial charge in [0.25, 0.3) is 0 Å². The Morgan fingerprint density at radius 3 is 1.48 bits per heavy atom. The lowest BCUT2D eigenvalue weighted by atomic mass is 9.90. The molecule has 0 atom stereocenters. The quantitative estimate of drug-likeness (QED) is 0.140. The minimum Gasteiger partial charge on any atom is -0.456 e. The van der Waals surface area contributed by atoms with E-state index in [1.807, 2.05) is 60.7 Å². The Bertz CT molecular complexity index is 3050. The second kappa shape index (κ2) is 10.2. The highest BCUT2D eigenvalue weighted by molar-refractivity contribution is 7.85. The van der Waals surface area contributed by atoms with Gasteiger partial charge in [0.15, 0.2) is 7.14 Å². The summed E-state index contributed by atoms with van der Waals surface area (Å²) in [6.45, 7) is 0. The van der Waals surface area contributed by atoms with Gasteiger partial charge in [-0.1, -0.05) is 115 Å². The first-order valence-electron chi connectivity index (χ1n) is 16.8. The van der Waals surface area contributed by atoms with Crippen LogP contribution in [0.2, 0.25) is 0 Å². The zero-order valence-electron chi connectivity index (χ0n) is 26.8. The van der Waals surface area contributed by atoms with Crippen molar-refractivity contribution in [2.45, 2.75) is 0 Å². The summed E-state index contributed by atoms with van der Waals surface area (Å²) in [4.78, 5) is 0. The molecule has 0 saturated heterocycles. The second-order valence-electron chi connectivity index (χ2n) is 13.2. The molecular weight excluding hydrogens is 631 g/mol. The highest BCUT2D eigenvalue weighted by atomic mass is 31.2. The molecule has 0 unspecified atom stereocenters. The first-order valence-corrected chi connectivity index (χ1v) is 18.6. The standard InChI is InChI=1S/C46H27O3P/c47-50(33-20-24-43-39(26-33)36-8-1-3-10-41(36)48-43,34-21-25-44-40(27-34)37-9-2-4-11-42(37)49-44)32-18-14-28(15-19-32)35-22-16-31-13-12-29-6-5-7-30-17-23-38(35)46(31)45(29)30/h1-27H. The van der Waals surface area contributed by atoms with Crippen LogP contribution in [0.3, 0.4) is 0 Å². The molecule has 0 aliphatic rings. The minimum absolute atomic E-state index is 0.763. The van der Waals surface area contributed by atoms with Crippen molar-refractivity contribution in [2.75, 3.05) is 0 Å². The summed E-state index contributed by atoms with van der Waals surface area (Å²) >= 11 is 0. The summed E-state index contributed by atoms with van der Waals surface area (Å²) < 4.78 is 28.4. The number of hydrogen-bond acceptors (Lipinski definition) is 3. The van der Waals surface area contributed by atoms with Crippen molar-refractivity contribution < 1.29 is 13.4 Å². The van der Waals surface area contributed by atoms with Crippen molar-refractivity contribution in [3.8, 4) is 11.1 Å². The molecule has 0 saturated carbocycles. The SMILES string of the molecule is O=P(c1ccc(-c2ccc3ccc4cccc5ccc2c3c45)cc1)(c1ccc2oc3ccccc3c2c1)c1ccc2oc3ccccc3c2c1. The highest BCUT2D eigenvalue weighted by Crippen LogP contribution is 2.46. The molecule has 9 aromatic carbocycles. The number of hydrogen-bond donors (Lipinski definition) is 0. The van der Waals surface area contributed by atoms with Crippen LogP contribution in [0.15, 0.2) is 173 Å². The fraction of sp³-hybridized carbons (Fsp3) is 0. The van der Waals surface area contributed by atoms with E-state index < -0.39 is 7.14 Å². The van der Waals surface area contributed by atoms with Gasteiger partial charge in [0.2, 0.25) is 0 Å². The van der Waals surface area contributed by atoms with E-state index in [0.717, 1.165) is 70.9 Å². The molecule has 2 heterocycles. The zero-order chi connectivity index (χ0) is 33.0. The number of furan rings is 2. The van der Waals surface area contributed by atoms with Gasteiger partial charge >= 0.3 is 0 Å². The van der Waals surface area contributed by atoms with E-state index in [4.69, 9.17) is 8.83 Å². The lowest BCUT2D eigenvalue weighted by Gasteiger charge is -2.21. The van der Waals surface area contributed by atoms with Crippen molar-refractivity contribution in [1.82, 2.24) is 0 Å². The van der Waals surface area contributed by atoms with Crippen LogP contribution < -0.4 is 15.9 Å². The number of rotatable bonds is 4. The van der Waals surface area contributed by atoms with E-state index in [1.54, 1.807) is 0 Å². The molecule has 234 valence electrons. The summed E-state index contributed by atoms with van der Waals surface area (Å²) in [5.41, 5.74) is 5.45. The summed E-state index contributed by atoms with van der Waals surface area (Å²) in [6.07, 6.45) is 0. The third-order valence-electron chi connectivity index (χ3n) is 10.5. The Balaban J connectivity index is 1.12. The molecule has 0 fully saturated rings. The maximum atomic E-state index is 16.0. The first-order chi connectivity index (χ1) is 24.6. The van der Waals surface area contributed by atoms with Crippen LogP contribution in [0.5, 0.6) is 0 Å². The van der Waals surface area contributed by atoms with Crippen LogP contribution >= 0.6 is 7.14 Å². The molecule has 0 amide bonds. The summed E-state index contributed by atoms with van der Waals surface area (Å²) in [6, 6.07) is 56.2. The second-order valence-corrected chi connectivity index (χ2v) is 16.0. The smallest absolute Gasteiger partial charge is 0.171 e. The van der Waals surface area contributed by atoms with Crippen LogP contribution in [0.25, 0.3) is 87.3 Å². The van der Waals surface area contributed by atoms with Crippen molar-refractivity contribution in [2.24, 2.45) is 0 Å². The number of para-hydroxylation sites is 2. The Hall–Kier alpha value is -6.15. The highest BCUT2D eigenvalue weighted by Gasteiger charge is 2.31. The zero-order valence-corrected chi connectivity index (χ0v) is 27.7. The van der Waals surface area contributed by atoms with Crippen molar-refractivity contribution >= 4 is 99.2 Å². The van der Waals surface area contributed by atoms with E-state index in [-0.39, 0.29) is 0 Å². The Morgan fingerprint density at radius 2 is 0.860 bits per heavy atom. The normalized spacial score (nSPS) is 12.5. The van der Waals surface area contributed by atoms with Gasteiger partial charge in [-0.05, 0) is 92.0 Å². The molecule has 0 N–H and O–H groups in total. The van der Waals surface area contributed by atoms with Crippen LogP contribution in [-0.4, -0.2) is 0 Å². The average Bonchev–Trinajstić information content (AvgIpc) is 3.74. The minimum atomic E-state index is -3.38. The third kappa shape index (κ3) is 3.84. The molecule has 0 radical (unpaired) electrons. The van der Waals surface area contributed by atoms with Crippen molar-refractivity contribution in [1.29, 1.82) is 0 Å².